The zero-order valence-electron chi connectivity index (χ0n) is 9.86. The summed E-state index contributed by atoms with van der Waals surface area (Å²) in [5.74, 6) is -0.828. The van der Waals surface area contributed by atoms with Crippen LogP contribution in [0.1, 0.15) is 24.4 Å². The molecule has 0 bridgehead atoms. The van der Waals surface area contributed by atoms with Crippen molar-refractivity contribution in [3.63, 3.8) is 0 Å². The van der Waals surface area contributed by atoms with Gasteiger partial charge in [-0.1, -0.05) is 18.2 Å². The third-order valence-electron chi connectivity index (χ3n) is 2.79. The summed E-state index contributed by atoms with van der Waals surface area (Å²) >= 11 is 0. The number of carbonyl (C=O) groups is 1. The number of para-hydroxylation sites is 1. The highest BCUT2D eigenvalue weighted by Crippen LogP contribution is 2.23. The van der Waals surface area contributed by atoms with E-state index >= 15 is 0 Å². The van der Waals surface area contributed by atoms with Gasteiger partial charge in [0.25, 0.3) is 0 Å². The molecule has 18 heavy (non-hydrogen) atoms. The largest absolute Gasteiger partial charge is 0.481 e. The van der Waals surface area contributed by atoms with Crippen LogP contribution >= 0.6 is 0 Å². The molecule has 94 valence electrons. The van der Waals surface area contributed by atoms with Crippen molar-refractivity contribution in [3.8, 4) is 5.69 Å². The Morgan fingerprint density at radius 3 is 2.89 bits per heavy atom. The van der Waals surface area contributed by atoms with E-state index in [-0.39, 0.29) is 12.5 Å². The van der Waals surface area contributed by atoms with Crippen molar-refractivity contribution in [2.24, 2.45) is 5.73 Å². The van der Waals surface area contributed by atoms with Crippen molar-refractivity contribution in [2.45, 2.75) is 18.9 Å². The van der Waals surface area contributed by atoms with Crippen LogP contribution in [0, 0.1) is 0 Å². The van der Waals surface area contributed by atoms with Gasteiger partial charge in [-0.15, -0.1) is 0 Å². The van der Waals surface area contributed by atoms with Crippen molar-refractivity contribution in [2.75, 3.05) is 0 Å². The van der Waals surface area contributed by atoms with Gasteiger partial charge in [0.05, 0.1) is 12.0 Å². The molecule has 1 heterocycles. The molecule has 1 atom stereocenters. The fraction of sp³-hybridized carbons (Fsp3) is 0.231. The fourth-order valence-corrected chi connectivity index (χ4v) is 1.87. The van der Waals surface area contributed by atoms with E-state index in [2.05, 4.69) is 4.98 Å². The third-order valence-corrected chi connectivity index (χ3v) is 2.79. The van der Waals surface area contributed by atoms with Crippen molar-refractivity contribution in [1.82, 2.24) is 9.55 Å². The summed E-state index contributed by atoms with van der Waals surface area (Å²) in [6, 6.07) is 7.39. The predicted octanol–water partition coefficient (Wildman–Crippen LogP) is 1.74. The lowest BCUT2D eigenvalue weighted by Gasteiger charge is -2.16. The molecule has 2 rings (SSSR count). The van der Waals surface area contributed by atoms with Crippen LogP contribution in [-0.4, -0.2) is 20.6 Å². The lowest BCUT2D eigenvalue weighted by atomic mass is 10.0. The highest BCUT2D eigenvalue weighted by atomic mass is 16.4. The molecule has 3 N–H and O–H groups in total. The quantitative estimate of drug-likeness (QED) is 0.840. The van der Waals surface area contributed by atoms with E-state index in [0.717, 1.165) is 11.3 Å². The van der Waals surface area contributed by atoms with Crippen LogP contribution in [0.5, 0.6) is 0 Å². The minimum Gasteiger partial charge on any atom is -0.481 e. The molecule has 0 saturated heterocycles. The Hall–Kier alpha value is -2.14. The maximum Gasteiger partial charge on any atom is 0.303 e. The Labute approximate surface area is 105 Å². The molecule has 0 saturated carbocycles. The number of carboxylic acid groups (broad SMARTS) is 1. The number of nitrogens with two attached hydrogens (primary N) is 1. The average molecular weight is 245 g/mol. The second-order valence-electron chi connectivity index (χ2n) is 4.07. The number of benzene rings is 1. The van der Waals surface area contributed by atoms with Crippen molar-refractivity contribution in [1.29, 1.82) is 0 Å². The van der Waals surface area contributed by atoms with E-state index < -0.39 is 5.97 Å². The van der Waals surface area contributed by atoms with Crippen LogP contribution in [0.25, 0.3) is 5.69 Å². The second-order valence-corrected chi connectivity index (χ2v) is 4.07. The molecule has 5 nitrogen and oxygen atoms in total. The summed E-state index contributed by atoms with van der Waals surface area (Å²) in [5.41, 5.74) is 7.92. The van der Waals surface area contributed by atoms with Crippen LogP contribution in [0.4, 0.5) is 0 Å². The van der Waals surface area contributed by atoms with Crippen LogP contribution in [0.2, 0.25) is 0 Å². The molecular weight excluding hydrogens is 230 g/mol. The van der Waals surface area contributed by atoms with Crippen LogP contribution in [0.15, 0.2) is 43.0 Å². The number of hydrogen-bond donors (Lipinski definition) is 2. The Morgan fingerprint density at radius 2 is 2.22 bits per heavy atom. The van der Waals surface area contributed by atoms with Crippen LogP contribution in [0.3, 0.4) is 0 Å². The number of carboxylic acids is 1. The molecule has 1 unspecified atom stereocenters. The van der Waals surface area contributed by atoms with Gasteiger partial charge in [-0.25, -0.2) is 4.98 Å². The maximum absolute atomic E-state index is 10.6. The number of nitrogens with zero attached hydrogens (tertiary/aromatic N) is 2. The highest BCUT2D eigenvalue weighted by molar-refractivity contribution is 5.66. The lowest BCUT2D eigenvalue weighted by molar-refractivity contribution is -0.137. The van der Waals surface area contributed by atoms with Crippen molar-refractivity contribution in [3.05, 3.63) is 48.5 Å². The highest BCUT2D eigenvalue weighted by Gasteiger charge is 2.13. The molecule has 0 aliphatic rings. The van der Waals surface area contributed by atoms with Crippen LogP contribution < -0.4 is 5.73 Å². The molecule has 2 aromatic rings. The summed E-state index contributed by atoms with van der Waals surface area (Å²) in [4.78, 5) is 14.6. The monoisotopic (exact) mass is 245 g/mol. The zero-order chi connectivity index (χ0) is 13.0. The number of rotatable bonds is 5. The summed E-state index contributed by atoms with van der Waals surface area (Å²) in [6.07, 6.45) is 5.71. The maximum atomic E-state index is 10.6. The van der Waals surface area contributed by atoms with E-state index in [1.165, 1.54) is 0 Å². The van der Waals surface area contributed by atoms with E-state index in [0.29, 0.717) is 6.42 Å². The van der Waals surface area contributed by atoms with Gasteiger partial charge in [0, 0.05) is 24.9 Å². The average Bonchev–Trinajstić information content (AvgIpc) is 2.89. The van der Waals surface area contributed by atoms with E-state index in [9.17, 15) is 4.79 Å². The molecule has 1 aromatic carbocycles. The molecule has 0 radical (unpaired) electrons. The van der Waals surface area contributed by atoms with E-state index in [1.807, 2.05) is 35.0 Å². The molecule has 1 aromatic heterocycles. The topological polar surface area (TPSA) is 81.1 Å². The number of imidazole rings is 1. The van der Waals surface area contributed by atoms with Crippen LogP contribution in [-0.2, 0) is 4.79 Å². The van der Waals surface area contributed by atoms with E-state index in [1.54, 1.807) is 12.5 Å². The van der Waals surface area contributed by atoms with Gasteiger partial charge in [0.15, 0.2) is 0 Å². The Kier molecular flexibility index (Phi) is 3.74. The van der Waals surface area contributed by atoms with Gasteiger partial charge < -0.3 is 15.4 Å². The minimum atomic E-state index is -0.828. The third kappa shape index (κ3) is 2.75. The normalized spacial score (nSPS) is 12.3. The Balaban J connectivity index is 2.25. The molecule has 0 amide bonds. The first-order valence-electron chi connectivity index (χ1n) is 5.73. The smallest absolute Gasteiger partial charge is 0.303 e. The van der Waals surface area contributed by atoms with Crippen molar-refractivity contribution >= 4 is 5.97 Å². The molecular formula is C13H15N3O2. The standard InChI is InChI=1S/C13H15N3O2/c14-11(5-6-13(17)18)10-3-1-2-4-12(10)16-8-7-15-9-16/h1-4,7-9,11H,5-6,14H2,(H,17,18). The first-order chi connectivity index (χ1) is 8.68. The first-order valence-corrected chi connectivity index (χ1v) is 5.73. The molecule has 0 aliphatic heterocycles. The Bertz CT molecular complexity index is 523. The van der Waals surface area contributed by atoms with Gasteiger partial charge in [-0.3, -0.25) is 4.79 Å². The SMILES string of the molecule is NC(CCC(=O)O)c1ccccc1-n1ccnc1. The van der Waals surface area contributed by atoms with Gasteiger partial charge in [-0.2, -0.15) is 0 Å². The van der Waals surface area contributed by atoms with Gasteiger partial charge in [-0.05, 0) is 18.1 Å². The first kappa shape index (κ1) is 12.3. The van der Waals surface area contributed by atoms with Gasteiger partial charge >= 0.3 is 5.97 Å². The molecule has 0 fully saturated rings. The summed E-state index contributed by atoms with van der Waals surface area (Å²) in [7, 11) is 0. The fourth-order valence-electron chi connectivity index (χ4n) is 1.87. The Morgan fingerprint density at radius 1 is 1.44 bits per heavy atom. The zero-order valence-corrected chi connectivity index (χ0v) is 9.86. The molecule has 5 heteroatoms. The van der Waals surface area contributed by atoms with Crippen molar-refractivity contribution < 1.29 is 9.90 Å². The molecule has 0 aliphatic carbocycles. The van der Waals surface area contributed by atoms with Gasteiger partial charge in [0.2, 0.25) is 0 Å². The minimum absolute atomic E-state index is 0.0689. The summed E-state index contributed by atoms with van der Waals surface area (Å²) in [6.45, 7) is 0. The summed E-state index contributed by atoms with van der Waals surface area (Å²) in [5, 5.41) is 8.69. The number of hydrogen-bond acceptors (Lipinski definition) is 3. The predicted molar refractivity (Wildman–Crippen MR) is 67.4 cm³/mol. The van der Waals surface area contributed by atoms with E-state index in [4.69, 9.17) is 10.8 Å². The lowest BCUT2D eigenvalue weighted by Crippen LogP contribution is -2.14. The number of aliphatic carboxylic acids is 1. The summed E-state index contributed by atoms with van der Waals surface area (Å²) < 4.78 is 1.87. The number of aromatic nitrogens is 2. The second kappa shape index (κ2) is 5.46. The van der Waals surface area contributed by atoms with Gasteiger partial charge in [0.1, 0.15) is 0 Å². The molecule has 0 spiro atoms.